The molecule has 0 bridgehead atoms. The summed E-state index contributed by atoms with van der Waals surface area (Å²) in [5.41, 5.74) is 3.64. The molecule has 1 fully saturated rings. The first-order valence-corrected chi connectivity index (χ1v) is 16.7. The quantitative estimate of drug-likeness (QED) is 0.0407. The number of halogens is 2. The predicted molar refractivity (Wildman–Crippen MR) is 182 cm³/mol. The number of carbonyl (C=O) groups is 2. The van der Waals surface area contributed by atoms with Crippen LogP contribution in [0.3, 0.4) is 0 Å². The van der Waals surface area contributed by atoms with Crippen molar-refractivity contribution < 1.29 is 23.8 Å². The summed E-state index contributed by atoms with van der Waals surface area (Å²) in [6.45, 7) is 2.40. The van der Waals surface area contributed by atoms with Gasteiger partial charge in [0.2, 0.25) is 5.13 Å². The zero-order valence-corrected chi connectivity index (χ0v) is 27.6. The van der Waals surface area contributed by atoms with E-state index in [1.54, 1.807) is 42.5 Å². The third kappa shape index (κ3) is 6.80. The maximum absolute atomic E-state index is 14.1. The molecule has 5 aromatic rings. The third-order valence-electron chi connectivity index (χ3n) is 7.16. The number of rotatable bonds is 9. The standard InChI is InChI=1S/C34H25FIN3O4S2/c1-20-5-4-6-21(17-20)18-43-26-15-11-23(12-16-26)30(40)28-29(22-9-13-25(36)14-10-22)39(32(42)31(28)41)33-37-38-34(45-33)44-19-24-7-2-3-8-27(24)35/h2-17,29,40H,18-19H2,1H3/b30-28+. The van der Waals surface area contributed by atoms with E-state index < -0.39 is 17.7 Å². The Balaban J connectivity index is 1.30. The summed E-state index contributed by atoms with van der Waals surface area (Å²) in [6, 6.07) is 27.7. The number of ether oxygens (including phenoxy) is 1. The van der Waals surface area contributed by atoms with Crippen molar-refractivity contribution in [2.24, 2.45) is 0 Å². The highest BCUT2D eigenvalue weighted by molar-refractivity contribution is 14.1. The molecule has 0 radical (unpaired) electrons. The maximum atomic E-state index is 14.1. The average molecular weight is 750 g/mol. The highest BCUT2D eigenvalue weighted by Crippen LogP contribution is 2.44. The van der Waals surface area contributed by atoms with Crippen molar-refractivity contribution in [3.63, 3.8) is 0 Å². The maximum Gasteiger partial charge on any atom is 0.301 e. The third-order valence-corrected chi connectivity index (χ3v) is 9.98. The number of thioether (sulfide) groups is 1. The number of aliphatic hydroxyl groups excluding tert-OH is 1. The fourth-order valence-corrected chi connectivity index (χ4v) is 7.15. The molecular formula is C34H25FIN3O4S2. The molecule has 2 heterocycles. The molecule has 1 aromatic heterocycles. The van der Waals surface area contributed by atoms with Gasteiger partial charge in [-0.05, 0) is 88.7 Å². The van der Waals surface area contributed by atoms with E-state index in [2.05, 4.69) is 32.8 Å². The normalized spacial score (nSPS) is 15.9. The monoisotopic (exact) mass is 749 g/mol. The van der Waals surface area contributed by atoms with Gasteiger partial charge in [0.1, 0.15) is 23.9 Å². The zero-order chi connectivity index (χ0) is 31.5. The Labute approximate surface area is 280 Å². The van der Waals surface area contributed by atoms with Gasteiger partial charge in [-0.2, -0.15) is 0 Å². The number of hydrogen-bond acceptors (Lipinski definition) is 8. The van der Waals surface area contributed by atoms with Crippen LogP contribution in [0.5, 0.6) is 5.75 Å². The molecule has 226 valence electrons. The van der Waals surface area contributed by atoms with Gasteiger partial charge in [-0.25, -0.2) is 4.39 Å². The number of aromatic nitrogens is 2. The largest absolute Gasteiger partial charge is 0.507 e. The van der Waals surface area contributed by atoms with E-state index in [1.807, 2.05) is 55.5 Å². The van der Waals surface area contributed by atoms with Crippen LogP contribution in [0.25, 0.3) is 5.76 Å². The SMILES string of the molecule is Cc1cccc(COc2ccc(/C(O)=C3\C(=O)C(=O)N(c4nnc(SCc5ccccc5F)s4)C3c3ccc(I)cc3)cc2)c1. The Bertz CT molecular complexity index is 1910. The van der Waals surface area contributed by atoms with Crippen LogP contribution < -0.4 is 9.64 Å². The van der Waals surface area contributed by atoms with Crippen molar-refractivity contribution in [3.8, 4) is 5.75 Å². The van der Waals surface area contributed by atoms with Gasteiger partial charge in [0.15, 0.2) is 4.34 Å². The summed E-state index contributed by atoms with van der Waals surface area (Å²) in [4.78, 5) is 28.3. The van der Waals surface area contributed by atoms with E-state index in [4.69, 9.17) is 4.74 Å². The predicted octanol–water partition coefficient (Wildman–Crippen LogP) is 8.09. The Morgan fingerprint density at radius 2 is 1.76 bits per heavy atom. The lowest BCUT2D eigenvalue weighted by Crippen LogP contribution is -2.29. The van der Waals surface area contributed by atoms with E-state index in [0.717, 1.165) is 26.0 Å². The van der Waals surface area contributed by atoms with Crippen molar-refractivity contribution in [1.82, 2.24) is 10.2 Å². The summed E-state index contributed by atoms with van der Waals surface area (Å²) < 4.78 is 21.5. The number of aryl methyl sites for hydroxylation is 1. The first-order valence-electron chi connectivity index (χ1n) is 13.8. The molecule has 1 atom stereocenters. The highest BCUT2D eigenvalue weighted by Gasteiger charge is 2.48. The Hall–Kier alpha value is -4.07. The van der Waals surface area contributed by atoms with Gasteiger partial charge in [0, 0.05) is 14.9 Å². The average Bonchev–Trinajstić information content (AvgIpc) is 3.61. The van der Waals surface area contributed by atoms with Gasteiger partial charge in [-0.3, -0.25) is 14.5 Å². The van der Waals surface area contributed by atoms with Gasteiger partial charge in [0.25, 0.3) is 5.78 Å². The lowest BCUT2D eigenvalue weighted by atomic mass is 9.95. The van der Waals surface area contributed by atoms with Gasteiger partial charge < -0.3 is 9.84 Å². The molecule has 6 rings (SSSR count). The van der Waals surface area contributed by atoms with Gasteiger partial charge in [-0.15, -0.1) is 10.2 Å². The number of amides is 1. The van der Waals surface area contributed by atoms with E-state index in [9.17, 15) is 19.1 Å². The second-order valence-corrected chi connectivity index (χ2v) is 13.7. The summed E-state index contributed by atoms with van der Waals surface area (Å²) in [7, 11) is 0. The fourth-order valence-electron chi connectivity index (χ4n) is 4.94. The molecule has 0 aliphatic carbocycles. The summed E-state index contributed by atoms with van der Waals surface area (Å²) in [6.07, 6.45) is 0. The van der Waals surface area contributed by atoms with Crippen LogP contribution in [0, 0.1) is 16.3 Å². The number of benzene rings is 4. The number of ketones is 1. The first-order chi connectivity index (χ1) is 21.8. The van der Waals surface area contributed by atoms with Crippen LogP contribution in [0.2, 0.25) is 0 Å². The minimum Gasteiger partial charge on any atom is -0.507 e. The lowest BCUT2D eigenvalue weighted by Gasteiger charge is -2.22. The molecule has 1 unspecified atom stereocenters. The molecule has 11 heteroatoms. The Morgan fingerprint density at radius 1 is 1.00 bits per heavy atom. The van der Waals surface area contributed by atoms with Crippen LogP contribution in [0.4, 0.5) is 9.52 Å². The molecule has 7 nitrogen and oxygen atoms in total. The van der Waals surface area contributed by atoms with Crippen LogP contribution >= 0.6 is 45.7 Å². The summed E-state index contributed by atoms with van der Waals surface area (Å²) >= 11 is 4.59. The zero-order valence-electron chi connectivity index (χ0n) is 23.8. The van der Waals surface area contributed by atoms with E-state index in [-0.39, 0.29) is 22.3 Å². The number of aliphatic hydroxyl groups is 1. The molecule has 0 spiro atoms. The number of nitrogens with zero attached hydrogens (tertiary/aromatic N) is 3. The molecule has 1 aliphatic rings. The van der Waals surface area contributed by atoms with Crippen LogP contribution in [-0.2, 0) is 21.9 Å². The van der Waals surface area contributed by atoms with Crippen molar-refractivity contribution in [3.05, 3.63) is 140 Å². The van der Waals surface area contributed by atoms with Crippen molar-refractivity contribution in [2.75, 3.05) is 4.90 Å². The molecule has 1 amide bonds. The second-order valence-electron chi connectivity index (χ2n) is 10.3. The molecule has 45 heavy (non-hydrogen) atoms. The molecule has 4 aromatic carbocycles. The molecular weight excluding hydrogens is 724 g/mol. The smallest absolute Gasteiger partial charge is 0.301 e. The van der Waals surface area contributed by atoms with E-state index >= 15 is 0 Å². The Kier molecular flexibility index (Phi) is 9.29. The van der Waals surface area contributed by atoms with Crippen LogP contribution in [0.15, 0.2) is 107 Å². The van der Waals surface area contributed by atoms with Gasteiger partial charge in [0.05, 0.1) is 11.6 Å². The molecule has 1 saturated heterocycles. The molecule has 0 saturated carbocycles. The van der Waals surface area contributed by atoms with E-state index in [1.165, 1.54) is 22.7 Å². The number of Topliss-reactive ketones (excluding diaryl/α,β-unsaturated/α-hetero) is 1. The molecule has 1 N–H and O–H groups in total. The van der Waals surface area contributed by atoms with Crippen molar-refractivity contribution >= 4 is 68.3 Å². The highest BCUT2D eigenvalue weighted by atomic mass is 127. The second kappa shape index (κ2) is 13.5. The van der Waals surface area contributed by atoms with E-state index in [0.29, 0.717) is 39.1 Å². The first kappa shape index (κ1) is 30.9. The fraction of sp³-hybridized carbons (Fsp3) is 0.118. The van der Waals surface area contributed by atoms with Crippen LogP contribution in [-0.4, -0.2) is 27.0 Å². The summed E-state index contributed by atoms with van der Waals surface area (Å²) in [5, 5.41) is 20.1. The number of anilines is 1. The summed E-state index contributed by atoms with van der Waals surface area (Å²) in [5.74, 6) is -1.34. The van der Waals surface area contributed by atoms with Crippen LogP contribution in [0.1, 0.15) is 33.9 Å². The Morgan fingerprint density at radius 3 is 2.49 bits per heavy atom. The van der Waals surface area contributed by atoms with Gasteiger partial charge >= 0.3 is 5.91 Å². The topological polar surface area (TPSA) is 92.6 Å². The van der Waals surface area contributed by atoms with Crippen molar-refractivity contribution in [2.45, 2.75) is 29.7 Å². The minimum atomic E-state index is -0.934. The number of carbonyl (C=O) groups excluding carboxylic acids is 2. The lowest BCUT2D eigenvalue weighted by molar-refractivity contribution is -0.132. The minimum absolute atomic E-state index is 0.0506. The number of hydrogen-bond donors (Lipinski definition) is 1. The molecule has 1 aliphatic heterocycles. The van der Waals surface area contributed by atoms with Gasteiger partial charge in [-0.1, -0.05) is 83.3 Å². The van der Waals surface area contributed by atoms with Crippen molar-refractivity contribution in [1.29, 1.82) is 0 Å².